The van der Waals surface area contributed by atoms with Gasteiger partial charge in [-0.3, -0.25) is 0 Å². The minimum Gasteiger partial charge on any atom is -0.363 e. The number of pyridine rings is 1. The highest BCUT2D eigenvalue weighted by molar-refractivity contribution is 7.44. The molecule has 3 heterocycles. The average molecular weight is 498 g/mol. The first-order valence-corrected chi connectivity index (χ1v) is 12.2. The Morgan fingerprint density at radius 2 is 1.85 bits per heavy atom. The second-order valence-electron chi connectivity index (χ2n) is 8.09. The van der Waals surface area contributed by atoms with Crippen LogP contribution in [0.5, 0.6) is 0 Å². The summed E-state index contributed by atoms with van der Waals surface area (Å²) in [6.07, 6.45) is -5.00. The van der Waals surface area contributed by atoms with Crippen molar-refractivity contribution in [2.75, 3.05) is 35.6 Å². The number of hydrogen-bond donors (Lipinski definition) is 1. The molecule has 0 saturated carbocycles. The molecule has 0 radical (unpaired) electrons. The molecule has 0 spiro atoms. The smallest absolute Gasteiger partial charge is 0.363 e. The van der Waals surface area contributed by atoms with Crippen LogP contribution in [0, 0.1) is 6.92 Å². The number of aromatic nitrogens is 3. The summed E-state index contributed by atoms with van der Waals surface area (Å²) in [4.78, 5) is 14.2. The van der Waals surface area contributed by atoms with Gasteiger partial charge in [-0.25, -0.2) is 23.7 Å². The molecule has 180 valence electrons. The van der Waals surface area contributed by atoms with E-state index in [1.54, 1.807) is 19.1 Å². The highest BCUT2D eigenvalue weighted by atomic mass is 31.1. The fourth-order valence-corrected chi connectivity index (χ4v) is 5.20. The topological polar surface area (TPSA) is 71.0 Å². The first-order valence-electron chi connectivity index (χ1n) is 10.6. The Labute approximate surface area is 193 Å². The number of anilines is 2. The molecule has 3 aromatic rings. The number of nitrogens with zero attached hydrogens (tertiary/aromatic N) is 4. The first kappa shape index (κ1) is 24.2. The molecule has 1 atom stereocenters. The van der Waals surface area contributed by atoms with Gasteiger partial charge in [-0.1, -0.05) is 16.7 Å². The van der Waals surface area contributed by atoms with E-state index in [2.05, 4.69) is 20.3 Å². The molecular weight excluding hydrogens is 476 g/mol. The minimum atomic E-state index is -4.51. The molecule has 1 aliphatic heterocycles. The largest absolute Gasteiger partial charge is 0.416 e. The zero-order valence-corrected chi connectivity index (χ0v) is 19.3. The van der Waals surface area contributed by atoms with Crippen molar-refractivity contribution >= 4 is 30.3 Å². The zero-order valence-electron chi connectivity index (χ0n) is 18.4. The van der Waals surface area contributed by atoms with E-state index in [9.17, 15) is 26.5 Å². The van der Waals surface area contributed by atoms with Crippen LogP contribution >= 0.6 is 7.80 Å². The van der Waals surface area contributed by atoms with E-state index in [4.69, 9.17) is 0 Å². The molecule has 12 heteroatoms. The maximum atomic E-state index is 13.5. The van der Waals surface area contributed by atoms with Crippen LogP contribution in [0.25, 0.3) is 10.9 Å². The van der Waals surface area contributed by atoms with Gasteiger partial charge in [0.05, 0.1) is 36.4 Å². The van der Waals surface area contributed by atoms with Crippen LogP contribution in [0.3, 0.4) is 0 Å². The number of fused-ring (bicyclic) bond motifs is 1. The molecule has 0 aliphatic carbocycles. The van der Waals surface area contributed by atoms with Crippen molar-refractivity contribution in [2.45, 2.75) is 32.5 Å². The second-order valence-corrected chi connectivity index (χ2v) is 9.95. The Bertz CT molecular complexity index is 1230. The quantitative estimate of drug-likeness (QED) is 0.338. The Morgan fingerprint density at radius 1 is 1.15 bits per heavy atom. The van der Waals surface area contributed by atoms with Crippen LogP contribution in [0.2, 0.25) is 0 Å². The van der Waals surface area contributed by atoms with E-state index >= 15 is 0 Å². The van der Waals surface area contributed by atoms with E-state index < -0.39 is 37.8 Å². The van der Waals surface area contributed by atoms with Gasteiger partial charge in [0.25, 0.3) is 6.43 Å². The molecule has 0 unspecified atom stereocenters. The molecule has 1 fully saturated rings. The fourth-order valence-electron chi connectivity index (χ4n) is 4.05. The Hall–Kier alpha value is -2.94. The summed E-state index contributed by atoms with van der Waals surface area (Å²) in [6, 6.07) is 4.88. The molecular formula is C22H22F5N5OP+. The van der Waals surface area contributed by atoms with Gasteiger partial charge < -0.3 is 10.2 Å². The molecule has 0 amide bonds. The normalized spacial score (nSPS) is 15.8. The van der Waals surface area contributed by atoms with E-state index in [-0.39, 0.29) is 16.9 Å². The van der Waals surface area contributed by atoms with E-state index in [0.29, 0.717) is 42.2 Å². The van der Waals surface area contributed by atoms with Crippen LogP contribution < -0.4 is 10.2 Å². The van der Waals surface area contributed by atoms with Crippen LogP contribution in [-0.2, 0) is 10.7 Å². The summed E-state index contributed by atoms with van der Waals surface area (Å²) in [5.41, 5.74) is -0.150. The summed E-state index contributed by atoms with van der Waals surface area (Å²) in [7, 11) is -1.23. The molecule has 1 aromatic carbocycles. The third-order valence-corrected chi connectivity index (χ3v) is 7.24. The third kappa shape index (κ3) is 4.94. The summed E-state index contributed by atoms with van der Waals surface area (Å²) in [6.45, 7) is 4.11. The number of halogens is 5. The predicted octanol–water partition coefficient (Wildman–Crippen LogP) is 6.11. The molecule has 2 aromatic heterocycles. The van der Waals surface area contributed by atoms with Gasteiger partial charge in [0.2, 0.25) is 0 Å². The third-order valence-electron chi connectivity index (χ3n) is 5.84. The highest BCUT2D eigenvalue weighted by Crippen LogP contribution is 2.36. The summed E-state index contributed by atoms with van der Waals surface area (Å²) >= 11 is 0. The predicted molar refractivity (Wildman–Crippen MR) is 120 cm³/mol. The lowest BCUT2D eigenvalue weighted by Gasteiger charge is -2.24. The average Bonchev–Trinajstić information content (AvgIpc) is 2.78. The minimum absolute atomic E-state index is 0.0484. The maximum absolute atomic E-state index is 13.5. The monoisotopic (exact) mass is 498 g/mol. The standard InChI is InChI=1S/C22H22F5N5OP/c1-12-14(4-3-5-16(12)22(25,26)27)13(2)29-20-15-10-18(32-6-8-34(33)9-7-32)28-11-17(15)30-21(31-20)19(23)24/h3-5,10-11,13,19H,6-9H2,1-2H3,(H,29,30,31)/q+1/t13-/m1/s1. The van der Waals surface area contributed by atoms with Crippen molar-refractivity contribution < 1.29 is 26.5 Å². The lowest BCUT2D eigenvalue weighted by Crippen LogP contribution is -2.33. The molecule has 0 bridgehead atoms. The molecule has 34 heavy (non-hydrogen) atoms. The van der Waals surface area contributed by atoms with Crippen molar-refractivity contribution in [2.24, 2.45) is 0 Å². The number of rotatable bonds is 5. The van der Waals surface area contributed by atoms with Crippen molar-refractivity contribution in [1.29, 1.82) is 0 Å². The first-order chi connectivity index (χ1) is 16.0. The van der Waals surface area contributed by atoms with Gasteiger partial charge in [0, 0.05) is 5.39 Å². The number of hydrogen-bond acceptors (Lipinski definition) is 6. The van der Waals surface area contributed by atoms with Crippen molar-refractivity contribution in [3.05, 3.63) is 53.0 Å². The molecule has 4 rings (SSSR count). The highest BCUT2D eigenvalue weighted by Gasteiger charge is 2.33. The molecule has 1 N–H and O–H groups in total. The number of nitrogens with one attached hydrogen (secondary N) is 1. The van der Waals surface area contributed by atoms with Gasteiger partial charge in [0.1, 0.15) is 11.6 Å². The molecule has 6 nitrogen and oxygen atoms in total. The zero-order chi connectivity index (χ0) is 24.6. The second kappa shape index (κ2) is 9.37. The van der Waals surface area contributed by atoms with Crippen LogP contribution in [0.1, 0.15) is 41.9 Å². The van der Waals surface area contributed by atoms with Gasteiger partial charge >= 0.3 is 14.0 Å². The van der Waals surface area contributed by atoms with Crippen molar-refractivity contribution in [1.82, 2.24) is 15.0 Å². The summed E-state index contributed by atoms with van der Waals surface area (Å²) in [5, 5.41) is 3.43. The van der Waals surface area contributed by atoms with Gasteiger partial charge in [-0.15, -0.1) is 0 Å². The summed E-state index contributed by atoms with van der Waals surface area (Å²) < 4.78 is 78.7. The van der Waals surface area contributed by atoms with E-state index in [1.165, 1.54) is 19.2 Å². The van der Waals surface area contributed by atoms with E-state index in [0.717, 1.165) is 6.07 Å². The van der Waals surface area contributed by atoms with Crippen LogP contribution in [-0.4, -0.2) is 40.4 Å². The van der Waals surface area contributed by atoms with Gasteiger partial charge in [-0.05, 0) is 37.1 Å². The van der Waals surface area contributed by atoms with Gasteiger partial charge in [0.15, 0.2) is 18.1 Å². The Kier molecular flexibility index (Phi) is 6.66. The van der Waals surface area contributed by atoms with Crippen molar-refractivity contribution in [3.8, 4) is 0 Å². The van der Waals surface area contributed by atoms with Gasteiger partial charge in [-0.2, -0.15) is 13.2 Å². The van der Waals surface area contributed by atoms with Crippen LogP contribution in [0.4, 0.5) is 33.6 Å². The molecule has 1 saturated heterocycles. The van der Waals surface area contributed by atoms with Crippen LogP contribution in [0.15, 0.2) is 30.5 Å². The van der Waals surface area contributed by atoms with Crippen molar-refractivity contribution in [3.63, 3.8) is 0 Å². The molecule has 1 aliphatic rings. The van der Waals surface area contributed by atoms with E-state index in [1.807, 2.05) is 4.90 Å². The lowest BCUT2D eigenvalue weighted by atomic mass is 9.97. The number of benzene rings is 1. The summed E-state index contributed by atoms with van der Waals surface area (Å²) in [5.74, 6) is -0.0567. The Morgan fingerprint density at radius 3 is 2.50 bits per heavy atom. The maximum Gasteiger partial charge on any atom is 0.416 e. The SMILES string of the molecule is Cc1c([C@@H](C)Nc2nc(C(F)F)nc3cnc(N4CC[P+](=O)CC4)cc23)cccc1C(F)(F)F. The number of alkyl halides is 5. The Balaban J connectivity index is 1.74. The lowest BCUT2D eigenvalue weighted by molar-refractivity contribution is -0.138. The fraction of sp³-hybridized carbons (Fsp3) is 0.409.